The molecule has 2 rings (SSSR count). The molecule has 0 saturated carbocycles. The van der Waals surface area contributed by atoms with Gasteiger partial charge in [0.05, 0.1) is 11.5 Å². The van der Waals surface area contributed by atoms with Crippen LogP contribution in [0.3, 0.4) is 0 Å². The van der Waals surface area contributed by atoms with E-state index in [0.717, 1.165) is 17.3 Å². The number of imide groups is 1. The first-order valence-corrected chi connectivity index (χ1v) is 7.68. The molecule has 0 radical (unpaired) electrons. The predicted octanol–water partition coefficient (Wildman–Crippen LogP) is 2.46. The van der Waals surface area contributed by atoms with Crippen molar-refractivity contribution in [3.8, 4) is 0 Å². The lowest BCUT2D eigenvalue weighted by Crippen LogP contribution is -2.29. The van der Waals surface area contributed by atoms with Crippen LogP contribution in [-0.2, 0) is 14.3 Å². The highest BCUT2D eigenvalue weighted by Crippen LogP contribution is 2.32. The second-order valence-corrected chi connectivity index (χ2v) is 5.66. The minimum absolute atomic E-state index is 0.271. The van der Waals surface area contributed by atoms with E-state index in [9.17, 15) is 14.4 Å². The summed E-state index contributed by atoms with van der Waals surface area (Å²) in [6.07, 6.45) is 6.16. The van der Waals surface area contributed by atoms with Gasteiger partial charge in [-0.2, -0.15) is 0 Å². The summed E-state index contributed by atoms with van der Waals surface area (Å²) in [5, 5.41) is -0.271. The van der Waals surface area contributed by atoms with Crippen LogP contribution in [0.5, 0.6) is 0 Å². The lowest BCUT2D eigenvalue weighted by atomic mass is 10.2. The molecular formula is C15H16N2O4S. The molecule has 1 aliphatic rings. The number of ether oxygens (including phenoxy) is 1. The molecule has 1 fully saturated rings. The smallest absolute Gasteiger partial charge is 0.302 e. The first kappa shape index (κ1) is 16.2. The summed E-state index contributed by atoms with van der Waals surface area (Å²) in [5.41, 5.74) is 0.780. The van der Waals surface area contributed by atoms with Gasteiger partial charge in [0, 0.05) is 25.9 Å². The SMILES string of the molecule is CC(=O)OCCCCN1C(=O)S/C(=C/c2cccnc2)C1=O. The Morgan fingerprint density at radius 3 is 2.91 bits per heavy atom. The standard InChI is InChI=1S/C15H16N2O4S/c1-11(18)21-8-3-2-7-17-14(19)13(22-15(17)20)9-12-5-4-6-16-10-12/h4-6,9-10H,2-3,7-8H2,1H3/b13-9+. The van der Waals surface area contributed by atoms with Gasteiger partial charge in [0.25, 0.3) is 11.1 Å². The topological polar surface area (TPSA) is 76.6 Å². The van der Waals surface area contributed by atoms with Gasteiger partial charge in [0.15, 0.2) is 0 Å². The minimum Gasteiger partial charge on any atom is -0.466 e. The molecule has 1 aromatic heterocycles. The first-order valence-electron chi connectivity index (χ1n) is 6.86. The van der Waals surface area contributed by atoms with Crippen molar-refractivity contribution in [3.05, 3.63) is 35.0 Å². The molecule has 0 spiro atoms. The van der Waals surface area contributed by atoms with Crippen molar-refractivity contribution < 1.29 is 19.1 Å². The number of carbonyl (C=O) groups is 3. The van der Waals surface area contributed by atoms with Crippen molar-refractivity contribution >= 4 is 35.0 Å². The third-order valence-electron chi connectivity index (χ3n) is 2.94. The molecule has 1 saturated heterocycles. The van der Waals surface area contributed by atoms with Crippen LogP contribution in [0.1, 0.15) is 25.3 Å². The molecule has 2 amide bonds. The number of hydrogen-bond donors (Lipinski definition) is 0. The molecule has 7 heteroatoms. The van der Waals surface area contributed by atoms with E-state index in [0.29, 0.717) is 30.9 Å². The van der Waals surface area contributed by atoms with Crippen molar-refractivity contribution in [2.75, 3.05) is 13.2 Å². The number of rotatable bonds is 6. The van der Waals surface area contributed by atoms with Gasteiger partial charge in [0.1, 0.15) is 0 Å². The highest BCUT2D eigenvalue weighted by molar-refractivity contribution is 8.18. The summed E-state index contributed by atoms with van der Waals surface area (Å²) in [4.78, 5) is 40.3. The van der Waals surface area contributed by atoms with E-state index in [1.54, 1.807) is 24.5 Å². The van der Waals surface area contributed by atoms with Crippen molar-refractivity contribution in [3.63, 3.8) is 0 Å². The average molecular weight is 320 g/mol. The van der Waals surface area contributed by atoms with Crippen molar-refractivity contribution in [2.24, 2.45) is 0 Å². The van der Waals surface area contributed by atoms with E-state index in [2.05, 4.69) is 4.98 Å². The molecule has 22 heavy (non-hydrogen) atoms. The number of carbonyl (C=O) groups excluding carboxylic acids is 3. The van der Waals surface area contributed by atoms with Gasteiger partial charge in [-0.15, -0.1) is 0 Å². The summed E-state index contributed by atoms with van der Waals surface area (Å²) in [6.45, 7) is 1.98. The van der Waals surface area contributed by atoms with Gasteiger partial charge < -0.3 is 4.74 Å². The molecule has 0 aromatic carbocycles. The highest BCUT2D eigenvalue weighted by atomic mass is 32.2. The fraction of sp³-hybridized carbons (Fsp3) is 0.333. The molecule has 1 aromatic rings. The Bertz CT molecular complexity index is 601. The van der Waals surface area contributed by atoms with Crippen molar-refractivity contribution in [1.82, 2.24) is 9.88 Å². The van der Waals surface area contributed by atoms with Gasteiger partial charge in [0.2, 0.25) is 0 Å². The van der Waals surface area contributed by atoms with Crippen LogP contribution in [0.15, 0.2) is 29.4 Å². The number of pyridine rings is 1. The van der Waals surface area contributed by atoms with Crippen LogP contribution in [-0.4, -0.2) is 40.2 Å². The normalized spacial score (nSPS) is 16.4. The van der Waals surface area contributed by atoms with Crippen LogP contribution in [0.2, 0.25) is 0 Å². The van der Waals surface area contributed by atoms with Gasteiger partial charge in [-0.3, -0.25) is 24.3 Å². The highest BCUT2D eigenvalue weighted by Gasteiger charge is 2.34. The van der Waals surface area contributed by atoms with E-state index >= 15 is 0 Å². The van der Waals surface area contributed by atoms with E-state index < -0.39 is 0 Å². The van der Waals surface area contributed by atoms with E-state index in [1.807, 2.05) is 6.07 Å². The Kier molecular flexibility index (Phi) is 5.71. The van der Waals surface area contributed by atoms with Gasteiger partial charge >= 0.3 is 5.97 Å². The second kappa shape index (κ2) is 7.74. The third kappa shape index (κ3) is 4.42. The Morgan fingerprint density at radius 1 is 1.41 bits per heavy atom. The van der Waals surface area contributed by atoms with E-state index in [1.165, 1.54) is 11.8 Å². The maximum atomic E-state index is 12.2. The van der Waals surface area contributed by atoms with Crippen LogP contribution in [0.4, 0.5) is 4.79 Å². The maximum absolute atomic E-state index is 12.2. The lowest BCUT2D eigenvalue weighted by molar-refractivity contribution is -0.141. The van der Waals surface area contributed by atoms with Gasteiger partial charge in [-0.25, -0.2) is 0 Å². The molecule has 0 atom stereocenters. The number of unbranched alkanes of at least 4 members (excludes halogenated alkanes) is 1. The zero-order chi connectivity index (χ0) is 15.9. The molecule has 0 N–H and O–H groups in total. The molecule has 6 nitrogen and oxygen atoms in total. The number of thioether (sulfide) groups is 1. The largest absolute Gasteiger partial charge is 0.466 e. The summed E-state index contributed by atoms with van der Waals surface area (Å²) < 4.78 is 4.81. The zero-order valence-corrected chi connectivity index (χ0v) is 13.0. The molecule has 1 aliphatic heterocycles. The van der Waals surface area contributed by atoms with Crippen LogP contribution in [0, 0.1) is 0 Å². The Labute approximate surface area is 132 Å². The van der Waals surface area contributed by atoms with Crippen molar-refractivity contribution in [1.29, 1.82) is 0 Å². The minimum atomic E-state index is -0.328. The summed E-state index contributed by atoms with van der Waals surface area (Å²) >= 11 is 0.931. The van der Waals surface area contributed by atoms with Crippen LogP contribution in [0.25, 0.3) is 6.08 Å². The quantitative estimate of drug-likeness (QED) is 0.455. The summed E-state index contributed by atoms with van der Waals surface area (Å²) in [6, 6.07) is 3.59. The van der Waals surface area contributed by atoms with Gasteiger partial charge in [-0.1, -0.05) is 6.07 Å². The number of nitrogens with zero attached hydrogens (tertiary/aromatic N) is 2. The first-order chi connectivity index (χ1) is 10.6. The predicted molar refractivity (Wildman–Crippen MR) is 82.8 cm³/mol. The van der Waals surface area contributed by atoms with Crippen LogP contribution < -0.4 is 0 Å². The number of amides is 2. The Balaban J connectivity index is 1.89. The lowest BCUT2D eigenvalue weighted by Gasteiger charge is -2.11. The van der Waals surface area contributed by atoms with Crippen LogP contribution >= 0.6 is 11.8 Å². The maximum Gasteiger partial charge on any atom is 0.302 e. The van der Waals surface area contributed by atoms with Crippen molar-refractivity contribution in [2.45, 2.75) is 19.8 Å². The molecule has 0 bridgehead atoms. The molecular weight excluding hydrogens is 304 g/mol. The average Bonchev–Trinajstić information content (AvgIpc) is 2.75. The number of aromatic nitrogens is 1. The fourth-order valence-electron chi connectivity index (χ4n) is 1.89. The molecule has 0 unspecified atom stereocenters. The van der Waals surface area contributed by atoms with E-state index in [-0.39, 0.29) is 17.1 Å². The number of hydrogen-bond acceptors (Lipinski definition) is 6. The molecule has 0 aliphatic carbocycles. The zero-order valence-electron chi connectivity index (χ0n) is 12.2. The fourth-order valence-corrected chi connectivity index (χ4v) is 2.76. The Hall–Kier alpha value is -2.15. The monoisotopic (exact) mass is 320 g/mol. The van der Waals surface area contributed by atoms with Gasteiger partial charge in [-0.05, 0) is 42.3 Å². The summed E-state index contributed by atoms with van der Waals surface area (Å²) in [7, 11) is 0. The number of esters is 1. The van der Waals surface area contributed by atoms with E-state index in [4.69, 9.17) is 4.74 Å². The molecule has 2 heterocycles. The molecule has 116 valence electrons. The Morgan fingerprint density at radius 2 is 2.23 bits per heavy atom. The third-order valence-corrected chi connectivity index (χ3v) is 3.84. The summed E-state index contributed by atoms with van der Waals surface area (Å²) in [5.74, 6) is -0.614. The second-order valence-electron chi connectivity index (χ2n) is 4.67.